The first-order valence-corrected chi connectivity index (χ1v) is 7.51. The van der Waals surface area contributed by atoms with Gasteiger partial charge in [-0.3, -0.25) is 0 Å². The first-order chi connectivity index (χ1) is 8.66. The molecule has 0 aliphatic heterocycles. The molecule has 0 saturated carbocycles. The maximum Gasteiger partial charge on any atom is 4.00 e. The smallest absolute Gasteiger partial charge is 0.663 e. The molecule has 19 heavy (non-hydrogen) atoms. The van der Waals surface area contributed by atoms with E-state index in [9.17, 15) is 0 Å². The van der Waals surface area contributed by atoms with Crippen molar-refractivity contribution in [3.05, 3.63) is 24.5 Å². The molecule has 0 saturated heterocycles. The van der Waals surface area contributed by atoms with E-state index in [1.807, 2.05) is 27.7 Å². The number of rotatable bonds is 6. The van der Waals surface area contributed by atoms with E-state index in [1.165, 1.54) is 12.8 Å². The molecule has 0 fully saturated rings. The molecular formula is C16H38HfN2. The third-order valence-electron chi connectivity index (χ3n) is 1.60. The van der Waals surface area contributed by atoms with Gasteiger partial charge in [-0.1, -0.05) is 54.4 Å². The second-order valence-electron chi connectivity index (χ2n) is 3.42. The molecule has 0 atom stereocenters. The fourth-order valence-electron chi connectivity index (χ4n) is 0.447. The van der Waals surface area contributed by atoms with Gasteiger partial charge in [0.1, 0.15) is 0 Å². The zero-order chi connectivity index (χ0) is 15.1. The second-order valence-corrected chi connectivity index (χ2v) is 3.42. The molecule has 2 nitrogen and oxygen atoms in total. The van der Waals surface area contributed by atoms with Gasteiger partial charge in [0.15, 0.2) is 0 Å². The van der Waals surface area contributed by atoms with E-state index in [1.54, 1.807) is 0 Å². The summed E-state index contributed by atoms with van der Waals surface area (Å²) >= 11 is 0. The molecule has 0 unspecified atom stereocenters. The molecule has 0 spiro atoms. The van der Waals surface area contributed by atoms with E-state index in [2.05, 4.69) is 38.3 Å². The monoisotopic (exact) mass is 438 g/mol. The Morgan fingerprint density at radius 2 is 0.737 bits per heavy atom. The first-order valence-electron chi connectivity index (χ1n) is 7.51. The molecule has 0 aromatic rings. The summed E-state index contributed by atoms with van der Waals surface area (Å²) in [4.78, 5) is 0. The number of hydrogen-bond acceptors (Lipinski definition) is 0. The molecule has 0 N–H and O–H groups in total. The van der Waals surface area contributed by atoms with Gasteiger partial charge in [-0.25, -0.2) is 0 Å². The van der Waals surface area contributed by atoms with E-state index in [0.29, 0.717) is 0 Å². The van der Waals surface area contributed by atoms with Crippen LogP contribution in [0.5, 0.6) is 0 Å². The number of unbranched alkanes of at least 4 members (excludes halogenated alkanes) is 2. The van der Waals surface area contributed by atoms with Crippen LogP contribution < -0.4 is 0 Å². The molecule has 0 aliphatic rings. The van der Waals surface area contributed by atoms with E-state index in [0.717, 1.165) is 39.0 Å². The van der Waals surface area contributed by atoms with Crippen LogP contribution >= 0.6 is 0 Å². The average Bonchev–Trinajstić information content (AvgIpc) is 2.42. The Kier molecular flexibility index (Phi) is 85.9. The van der Waals surface area contributed by atoms with E-state index in [4.69, 9.17) is 0 Å². The molecule has 0 bridgehead atoms. The van der Waals surface area contributed by atoms with Crippen molar-refractivity contribution >= 4 is 0 Å². The van der Waals surface area contributed by atoms with Crippen LogP contribution in [-0.2, 0) is 25.8 Å². The normalized spacial score (nSPS) is 7.58. The van der Waals surface area contributed by atoms with Crippen molar-refractivity contribution < 1.29 is 25.8 Å². The molecule has 0 aliphatic carbocycles. The van der Waals surface area contributed by atoms with Crippen LogP contribution in [0.1, 0.15) is 67.2 Å². The molecule has 3 heteroatoms. The van der Waals surface area contributed by atoms with Gasteiger partial charge in [0.25, 0.3) is 0 Å². The minimum Gasteiger partial charge on any atom is -0.663 e. The largest absolute Gasteiger partial charge is 4.00 e. The minimum absolute atomic E-state index is 0. The maximum atomic E-state index is 3.97. The maximum absolute atomic E-state index is 3.97. The first kappa shape index (κ1) is 31.9. The van der Waals surface area contributed by atoms with Crippen molar-refractivity contribution in [1.29, 1.82) is 0 Å². The fraction of sp³-hybridized carbons (Fsp3) is 0.875. The second kappa shape index (κ2) is 51.1. The SMILES string of the molecule is CC[N-]CC.CC[N-]CC.[CH2-]CCC.[CH2-]CCC.[Hf+4]. The van der Waals surface area contributed by atoms with Gasteiger partial charge < -0.3 is 24.5 Å². The number of hydrogen-bond donors (Lipinski definition) is 0. The summed E-state index contributed by atoms with van der Waals surface area (Å²) in [5.41, 5.74) is 0. The quantitative estimate of drug-likeness (QED) is 0.359. The summed E-state index contributed by atoms with van der Waals surface area (Å²) in [6.45, 7) is 23.5. The van der Waals surface area contributed by atoms with Crippen LogP contribution in [-0.4, -0.2) is 26.2 Å². The molecule has 0 amide bonds. The summed E-state index contributed by atoms with van der Waals surface area (Å²) in [5, 5.41) is 7.94. The summed E-state index contributed by atoms with van der Waals surface area (Å²) in [7, 11) is 0. The molecule has 0 aromatic heterocycles. The Hall–Kier alpha value is 0.790. The van der Waals surface area contributed by atoms with Crippen molar-refractivity contribution in [3.8, 4) is 0 Å². The number of nitrogens with zero attached hydrogens (tertiary/aromatic N) is 2. The Labute approximate surface area is 143 Å². The summed E-state index contributed by atoms with van der Waals surface area (Å²) in [6, 6.07) is 0. The van der Waals surface area contributed by atoms with Gasteiger partial charge in [0, 0.05) is 0 Å². The third kappa shape index (κ3) is 115. The minimum atomic E-state index is 0. The predicted molar refractivity (Wildman–Crippen MR) is 89.4 cm³/mol. The van der Waals surface area contributed by atoms with E-state index in [-0.39, 0.29) is 25.8 Å². The van der Waals surface area contributed by atoms with Crippen molar-refractivity contribution in [2.45, 2.75) is 67.2 Å². The van der Waals surface area contributed by atoms with Crippen molar-refractivity contribution in [3.63, 3.8) is 0 Å². The van der Waals surface area contributed by atoms with Crippen molar-refractivity contribution in [2.24, 2.45) is 0 Å². The Balaban J connectivity index is -0.0000000453. The zero-order valence-electron chi connectivity index (χ0n) is 14.5. The molecule has 116 valence electrons. The molecule has 0 heterocycles. The van der Waals surface area contributed by atoms with Gasteiger partial charge >= 0.3 is 25.8 Å². The van der Waals surface area contributed by atoms with Crippen molar-refractivity contribution in [2.75, 3.05) is 26.2 Å². The van der Waals surface area contributed by atoms with E-state index < -0.39 is 0 Å². The zero-order valence-corrected chi connectivity index (χ0v) is 18.1. The fourth-order valence-corrected chi connectivity index (χ4v) is 0.447. The van der Waals surface area contributed by atoms with Gasteiger partial charge in [0.05, 0.1) is 0 Å². The molecule has 0 radical (unpaired) electrons. The third-order valence-corrected chi connectivity index (χ3v) is 1.60. The molecular weight excluding hydrogens is 399 g/mol. The van der Waals surface area contributed by atoms with Crippen molar-refractivity contribution in [1.82, 2.24) is 0 Å². The average molecular weight is 437 g/mol. The molecule has 0 aromatic carbocycles. The molecule has 0 rings (SSSR count). The van der Waals surface area contributed by atoms with Crippen LogP contribution in [0.3, 0.4) is 0 Å². The summed E-state index contributed by atoms with van der Waals surface area (Å²) in [5.74, 6) is 0. The van der Waals surface area contributed by atoms with E-state index >= 15 is 0 Å². The summed E-state index contributed by atoms with van der Waals surface area (Å²) < 4.78 is 0. The van der Waals surface area contributed by atoms with Gasteiger partial charge in [-0.2, -0.15) is 39.0 Å². The Morgan fingerprint density at radius 3 is 0.737 bits per heavy atom. The Morgan fingerprint density at radius 1 is 0.579 bits per heavy atom. The standard InChI is InChI=1S/2C4H10N.2C4H9.Hf/c2*1-3-5-4-2;2*1-3-4-2;/h2*3-4H2,1-2H3;2*1,3-4H2,2H3;/q4*-1;+4. The van der Waals surface area contributed by atoms with Crippen LogP contribution in [0, 0.1) is 13.8 Å². The van der Waals surface area contributed by atoms with Gasteiger partial charge in [0.2, 0.25) is 0 Å². The van der Waals surface area contributed by atoms with Gasteiger partial charge in [-0.15, -0.1) is 0 Å². The van der Waals surface area contributed by atoms with Crippen LogP contribution in [0.15, 0.2) is 0 Å². The van der Waals surface area contributed by atoms with Crippen LogP contribution in [0.4, 0.5) is 0 Å². The predicted octanol–water partition coefficient (Wildman–Crippen LogP) is 6.04. The van der Waals surface area contributed by atoms with Gasteiger partial charge in [-0.05, 0) is 0 Å². The topological polar surface area (TPSA) is 28.2 Å². The summed E-state index contributed by atoms with van der Waals surface area (Å²) in [6.07, 6.45) is 4.56. The van der Waals surface area contributed by atoms with Crippen LogP contribution in [0.25, 0.3) is 10.6 Å². The Bertz CT molecular complexity index is 63.1. The van der Waals surface area contributed by atoms with Crippen LogP contribution in [0.2, 0.25) is 0 Å².